The second-order valence-electron chi connectivity index (χ2n) is 4.94. The molecule has 1 saturated heterocycles. The predicted octanol–water partition coefficient (Wildman–Crippen LogP) is 2.43. The second kappa shape index (κ2) is 4.53. The molecule has 1 aliphatic carbocycles. The van der Waals surface area contributed by atoms with Crippen LogP contribution in [0.25, 0.3) is 6.08 Å². The first-order valence-corrected chi connectivity index (χ1v) is 7.25. The normalized spacial score (nSPS) is 26.4. The first-order chi connectivity index (χ1) is 8.65. The van der Waals surface area contributed by atoms with Crippen LogP contribution in [0.5, 0.6) is 0 Å². The van der Waals surface area contributed by atoms with Crippen LogP contribution in [-0.2, 0) is 11.2 Å². The number of carbonyl (C=O) groups is 1. The zero-order chi connectivity index (χ0) is 12.7. The molecule has 1 unspecified atom stereocenters. The molecule has 96 valence electrons. The van der Waals surface area contributed by atoms with Crippen molar-refractivity contribution in [2.75, 3.05) is 6.54 Å². The van der Waals surface area contributed by atoms with Crippen molar-refractivity contribution < 1.29 is 4.79 Å². The van der Waals surface area contributed by atoms with E-state index in [4.69, 9.17) is 0 Å². The number of carbonyl (C=O) groups excluding carboxylic acids is 1. The molecule has 2 aliphatic rings. The Morgan fingerprint density at radius 1 is 1.61 bits per heavy atom. The summed E-state index contributed by atoms with van der Waals surface area (Å²) in [5.41, 5.74) is 2.20. The maximum atomic E-state index is 11.6. The highest BCUT2D eigenvalue weighted by atomic mass is 79.9. The summed E-state index contributed by atoms with van der Waals surface area (Å²) in [5, 5.41) is 0. The zero-order valence-corrected chi connectivity index (χ0v) is 11.9. The van der Waals surface area contributed by atoms with Crippen molar-refractivity contribution in [2.45, 2.75) is 37.1 Å². The van der Waals surface area contributed by atoms with Gasteiger partial charge in [0.05, 0.1) is 11.7 Å². The van der Waals surface area contributed by atoms with E-state index in [0.717, 1.165) is 37.3 Å². The number of fused-ring (bicyclic) bond motifs is 1. The molecule has 1 fully saturated rings. The number of nitrogens with zero attached hydrogens (tertiary/aromatic N) is 2. The summed E-state index contributed by atoms with van der Waals surface area (Å²) in [6, 6.07) is 0.135. The van der Waals surface area contributed by atoms with Gasteiger partial charge in [0.1, 0.15) is 5.82 Å². The third-order valence-corrected chi connectivity index (χ3v) is 4.29. The number of alkyl halides is 1. The molecule has 4 nitrogen and oxygen atoms in total. The van der Waals surface area contributed by atoms with Gasteiger partial charge in [0.25, 0.3) is 0 Å². The largest absolute Gasteiger partial charge is 0.344 e. The lowest BCUT2D eigenvalue weighted by atomic mass is 10.1. The Bertz CT molecular complexity index is 508. The Kier molecular flexibility index (Phi) is 3.01. The molecule has 1 aliphatic heterocycles. The smallest absolute Gasteiger partial charge is 0.220 e. The summed E-state index contributed by atoms with van der Waals surface area (Å²) in [4.78, 5) is 21.9. The summed E-state index contributed by atoms with van der Waals surface area (Å²) < 4.78 is 0. The predicted molar refractivity (Wildman–Crippen MR) is 73.4 cm³/mol. The number of imidazole rings is 1. The maximum absolute atomic E-state index is 11.6. The van der Waals surface area contributed by atoms with Crippen LogP contribution in [0.2, 0.25) is 0 Å². The molecule has 0 bridgehead atoms. The van der Waals surface area contributed by atoms with Crippen molar-refractivity contribution in [2.24, 2.45) is 0 Å². The van der Waals surface area contributed by atoms with Gasteiger partial charge in [0.15, 0.2) is 0 Å². The van der Waals surface area contributed by atoms with Crippen LogP contribution in [-0.4, -0.2) is 32.1 Å². The summed E-state index contributed by atoms with van der Waals surface area (Å²) in [6.45, 7) is 2.48. The molecule has 0 radical (unpaired) electrons. The molecule has 1 amide bonds. The van der Waals surface area contributed by atoms with Crippen molar-refractivity contribution in [3.05, 3.63) is 23.3 Å². The van der Waals surface area contributed by atoms with E-state index >= 15 is 0 Å². The fourth-order valence-corrected chi connectivity index (χ4v) is 3.26. The number of halogens is 1. The summed E-state index contributed by atoms with van der Waals surface area (Å²) >= 11 is 3.59. The number of likely N-dealkylation sites (tertiary alicyclic amines) is 1. The van der Waals surface area contributed by atoms with Gasteiger partial charge in [-0.2, -0.15) is 0 Å². The van der Waals surface area contributed by atoms with Crippen molar-refractivity contribution in [1.29, 1.82) is 0 Å². The van der Waals surface area contributed by atoms with E-state index in [0.29, 0.717) is 4.83 Å². The van der Waals surface area contributed by atoms with Gasteiger partial charge >= 0.3 is 0 Å². The van der Waals surface area contributed by atoms with Gasteiger partial charge < -0.3 is 9.88 Å². The SMILES string of the molecule is CC(=O)N1CCC[C@H]1c1nc2c([nH]1)CC(Br)C=C2. The lowest BCUT2D eigenvalue weighted by Gasteiger charge is -2.21. The van der Waals surface area contributed by atoms with E-state index < -0.39 is 0 Å². The molecule has 1 aromatic heterocycles. The number of rotatable bonds is 1. The molecule has 0 spiro atoms. The zero-order valence-electron chi connectivity index (χ0n) is 10.3. The van der Waals surface area contributed by atoms with Crippen molar-refractivity contribution >= 4 is 27.9 Å². The molecule has 2 heterocycles. The summed E-state index contributed by atoms with van der Waals surface area (Å²) in [7, 11) is 0. The number of nitrogens with one attached hydrogen (secondary N) is 1. The van der Waals surface area contributed by atoms with Crippen LogP contribution in [0, 0.1) is 0 Å². The van der Waals surface area contributed by atoms with Crippen molar-refractivity contribution in [1.82, 2.24) is 14.9 Å². The molecular formula is C13H16BrN3O. The number of aromatic nitrogens is 2. The maximum Gasteiger partial charge on any atom is 0.220 e. The molecule has 2 atom stereocenters. The first-order valence-electron chi connectivity index (χ1n) is 6.33. The van der Waals surface area contributed by atoms with Crippen LogP contribution < -0.4 is 0 Å². The van der Waals surface area contributed by atoms with Gasteiger partial charge in [0, 0.05) is 30.4 Å². The quantitative estimate of drug-likeness (QED) is 0.810. The van der Waals surface area contributed by atoms with Crippen molar-refractivity contribution in [3.8, 4) is 0 Å². The van der Waals surface area contributed by atoms with Gasteiger partial charge in [-0.05, 0) is 18.9 Å². The highest BCUT2D eigenvalue weighted by Crippen LogP contribution is 2.32. The minimum absolute atomic E-state index is 0.135. The molecule has 3 rings (SSSR count). The highest BCUT2D eigenvalue weighted by molar-refractivity contribution is 9.09. The van der Waals surface area contributed by atoms with Gasteiger partial charge in [-0.3, -0.25) is 4.79 Å². The van der Waals surface area contributed by atoms with Gasteiger partial charge in [-0.1, -0.05) is 22.0 Å². The second-order valence-corrected chi connectivity index (χ2v) is 6.11. The van der Waals surface area contributed by atoms with E-state index in [1.807, 2.05) is 11.0 Å². The van der Waals surface area contributed by atoms with Gasteiger partial charge in [0.2, 0.25) is 5.91 Å². The molecule has 18 heavy (non-hydrogen) atoms. The third-order valence-electron chi connectivity index (χ3n) is 3.66. The number of H-pyrrole nitrogens is 1. The molecule has 0 saturated carbocycles. The van der Waals surface area contributed by atoms with E-state index in [-0.39, 0.29) is 11.9 Å². The topological polar surface area (TPSA) is 49.0 Å². The Morgan fingerprint density at radius 2 is 2.44 bits per heavy atom. The average Bonchev–Trinajstić information content (AvgIpc) is 2.93. The lowest BCUT2D eigenvalue weighted by Crippen LogP contribution is -2.28. The van der Waals surface area contributed by atoms with E-state index in [9.17, 15) is 4.79 Å². The number of hydrogen-bond acceptors (Lipinski definition) is 2. The minimum atomic E-state index is 0.135. The van der Waals surface area contributed by atoms with E-state index in [1.54, 1.807) is 6.92 Å². The Morgan fingerprint density at radius 3 is 3.22 bits per heavy atom. The summed E-state index contributed by atoms with van der Waals surface area (Å²) in [5.74, 6) is 1.08. The molecule has 0 aromatic carbocycles. The van der Waals surface area contributed by atoms with Gasteiger partial charge in [-0.15, -0.1) is 0 Å². The number of allylic oxidation sites excluding steroid dienone is 1. The fraction of sp³-hybridized carbons (Fsp3) is 0.538. The first kappa shape index (κ1) is 12.0. The van der Waals surface area contributed by atoms with Crippen LogP contribution in [0.1, 0.15) is 43.0 Å². The van der Waals surface area contributed by atoms with Crippen LogP contribution >= 0.6 is 15.9 Å². The molecule has 1 N–H and O–H groups in total. The molecular weight excluding hydrogens is 294 g/mol. The fourth-order valence-electron chi connectivity index (χ4n) is 2.78. The molecule has 1 aromatic rings. The van der Waals surface area contributed by atoms with Crippen LogP contribution in [0.15, 0.2) is 6.08 Å². The van der Waals surface area contributed by atoms with E-state index in [1.165, 1.54) is 5.69 Å². The highest BCUT2D eigenvalue weighted by Gasteiger charge is 2.31. The Hall–Kier alpha value is -1.10. The van der Waals surface area contributed by atoms with Crippen LogP contribution in [0.4, 0.5) is 0 Å². The number of aromatic amines is 1. The average molecular weight is 310 g/mol. The van der Waals surface area contributed by atoms with E-state index in [2.05, 4.69) is 32.0 Å². The summed E-state index contributed by atoms with van der Waals surface area (Å²) in [6.07, 6.45) is 7.17. The Labute approximate surface area is 115 Å². The minimum Gasteiger partial charge on any atom is -0.344 e. The third kappa shape index (κ3) is 2.00. The number of hydrogen-bond donors (Lipinski definition) is 1. The number of amides is 1. The van der Waals surface area contributed by atoms with Crippen molar-refractivity contribution in [3.63, 3.8) is 0 Å². The molecule has 5 heteroatoms. The van der Waals surface area contributed by atoms with Crippen LogP contribution in [0.3, 0.4) is 0 Å². The monoisotopic (exact) mass is 309 g/mol. The van der Waals surface area contributed by atoms with Gasteiger partial charge in [-0.25, -0.2) is 4.98 Å². The standard InChI is InChI=1S/C13H16BrN3O/c1-8(18)17-6-2-3-12(17)13-15-10-5-4-9(14)7-11(10)16-13/h4-5,9,12H,2-3,6-7H2,1H3,(H,15,16)/t9?,12-/m0/s1. The lowest BCUT2D eigenvalue weighted by molar-refractivity contribution is -0.129. The Balaban J connectivity index is 1.90.